The predicted octanol–water partition coefficient (Wildman–Crippen LogP) is 5.06. The molecule has 0 heterocycles. The number of carbonyl (C=O) groups excluding carboxylic acids is 3. The number of aryl methyl sites for hydroxylation is 3. The molecule has 0 spiro atoms. The number of ether oxygens (including phenoxy) is 1. The van der Waals surface area contributed by atoms with E-state index in [0.717, 1.165) is 23.1 Å². The minimum absolute atomic E-state index is 0.378. The summed E-state index contributed by atoms with van der Waals surface area (Å²) < 4.78 is 5.30. The SMILES string of the molecule is CCc1ccc(C(C(=O)Nc2c(C)cccc2C)N(C(=O)C(CO)NC(=O)OC(C)(C)C)C(C)CC)cc1. The van der Waals surface area contributed by atoms with Gasteiger partial charge in [0, 0.05) is 11.7 Å². The molecule has 3 N–H and O–H groups in total. The van der Waals surface area contributed by atoms with E-state index in [1.165, 1.54) is 4.90 Å². The van der Waals surface area contributed by atoms with Crippen molar-refractivity contribution < 1.29 is 24.2 Å². The summed E-state index contributed by atoms with van der Waals surface area (Å²) in [6.45, 7) is 14.1. The number of benzene rings is 2. The maximum Gasteiger partial charge on any atom is 0.408 e. The lowest BCUT2D eigenvalue weighted by Crippen LogP contribution is -2.56. The molecule has 3 amide bonds. The van der Waals surface area contributed by atoms with Crippen molar-refractivity contribution in [3.8, 4) is 0 Å². The van der Waals surface area contributed by atoms with E-state index < -0.39 is 36.3 Å². The van der Waals surface area contributed by atoms with E-state index in [9.17, 15) is 19.5 Å². The highest BCUT2D eigenvalue weighted by atomic mass is 16.6. The zero-order valence-corrected chi connectivity index (χ0v) is 23.9. The molecule has 0 saturated heterocycles. The van der Waals surface area contributed by atoms with E-state index in [0.29, 0.717) is 17.7 Å². The van der Waals surface area contributed by atoms with Crippen molar-refractivity contribution in [1.82, 2.24) is 10.2 Å². The molecule has 0 aliphatic rings. The van der Waals surface area contributed by atoms with E-state index in [2.05, 4.69) is 10.6 Å². The number of alkyl carbamates (subject to hydrolysis) is 1. The number of hydrogen-bond donors (Lipinski definition) is 3. The molecule has 0 aliphatic heterocycles. The zero-order valence-electron chi connectivity index (χ0n) is 23.9. The van der Waals surface area contributed by atoms with Gasteiger partial charge < -0.3 is 25.4 Å². The Kier molecular flexibility index (Phi) is 10.9. The summed E-state index contributed by atoms with van der Waals surface area (Å²) in [7, 11) is 0. The van der Waals surface area contributed by atoms with Gasteiger partial charge in [-0.25, -0.2) is 4.79 Å². The summed E-state index contributed by atoms with van der Waals surface area (Å²) in [4.78, 5) is 41.8. The van der Waals surface area contributed by atoms with E-state index >= 15 is 0 Å². The Hall–Kier alpha value is -3.39. The first-order valence-electron chi connectivity index (χ1n) is 13.2. The van der Waals surface area contributed by atoms with E-state index in [4.69, 9.17) is 4.74 Å². The van der Waals surface area contributed by atoms with Crippen LogP contribution >= 0.6 is 0 Å². The second kappa shape index (κ2) is 13.4. The average Bonchev–Trinajstić information content (AvgIpc) is 2.86. The van der Waals surface area contributed by atoms with Crippen LogP contribution in [0, 0.1) is 13.8 Å². The van der Waals surface area contributed by atoms with Gasteiger partial charge in [0.25, 0.3) is 5.91 Å². The standard InChI is InChI=1S/C30H43N3O5/c1-9-21(5)33(28(36)24(18-34)31-29(37)38-30(6,7)8)26(23-16-14-22(10-2)15-17-23)27(35)32-25-19(3)12-11-13-20(25)4/h11-17,21,24,26,34H,9-10,18H2,1-8H3,(H,31,37)(H,32,35). The monoisotopic (exact) mass is 525 g/mol. The van der Waals surface area contributed by atoms with Crippen LogP contribution in [0.25, 0.3) is 0 Å². The number of aliphatic hydroxyl groups excluding tert-OH is 1. The zero-order chi connectivity index (χ0) is 28.6. The molecule has 0 saturated carbocycles. The molecule has 8 heteroatoms. The van der Waals surface area contributed by atoms with Gasteiger partial charge in [0.1, 0.15) is 17.7 Å². The molecule has 0 fully saturated rings. The lowest BCUT2D eigenvalue weighted by atomic mass is 9.98. The largest absolute Gasteiger partial charge is 0.444 e. The number of aliphatic hydroxyl groups is 1. The fraction of sp³-hybridized carbons (Fsp3) is 0.500. The van der Waals surface area contributed by atoms with Crippen molar-refractivity contribution in [3.05, 3.63) is 64.7 Å². The third-order valence-corrected chi connectivity index (χ3v) is 6.45. The minimum atomic E-state index is -1.29. The molecule has 0 radical (unpaired) electrons. The molecule has 3 unspecified atom stereocenters. The van der Waals surface area contributed by atoms with Crippen LogP contribution in [-0.2, 0) is 20.7 Å². The van der Waals surface area contributed by atoms with Crippen LogP contribution in [0.2, 0.25) is 0 Å². The summed E-state index contributed by atoms with van der Waals surface area (Å²) in [5.74, 6) is -0.955. The smallest absolute Gasteiger partial charge is 0.408 e. The highest BCUT2D eigenvalue weighted by Gasteiger charge is 2.38. The van der Waals surface area contributed by atoms with Crippen LogP contribution < -0.4 is 10.6 Å². The van der Waals surface area contributed by atoms with Crippen molar-refractivity contribution in [2.75, 3.05) is 11.9 Å². The maximum absolute atomic E-state index is 14.0. The average molecular weight is 526 g/mol. The summed E-state index contributed by atoms with van der Waals surface area (Å²) >= 11 is 0. The fourth-order valence-corrected chi connectivity index (χ4v) is 4.19. The van der Waals surface area contributed by atoms with Gasteiger partial charge in [0.2, 0.25) is 5.91 Å². The molecule has 2 rings (SSSR count). The highest BCUT2D eigenvalue weighted by molar-refractivity contribution is 6.00. The van der Waals surface area contributed by atoms with Crippen LogP contribution in [0.15, 0.2) is 42.5 Å². The second-order valence-corrected chi connectivity index (χ2v) is 10.6. The Balaban J connectivity index is 2.56. The molecule has 208 valence electrons. The number of para-hydroxylation sites is 1. The molecule has 38 heavy (non-hydrogen) atoms. The van der Waals surface area contributed by atoms with Gasteiger partial charge in [-0.1, -0.05) is 56.3 Å². The quantitative estimate of drug-likeness (QED) is 0.402. The van der Waals surface area contributed by atoms with Crippen LogP contribution in [0.1, 0.15) is 76.3 Å². The molecule has 0 aromatic heterocycles. The van der Waals surface area contributed by atoms with Crippen molar-refractivity contribution >= 4 is 23.6 Å². The van der Waals surface area contributed by atoms with Crippen LogP contribution in [0.4, 0.5) is 10.5 Å². The van der Waals surface area contributed by atoms with Gasteiger partial charge in [-0.3, -0.25) is 9.59 Å². The lowest BCUT2D eigenvalue weighted by Gasteiger charge is -2.38. The van der Waals surface area contributed by atoms with E-state index in [1.807, 2.05) is 77.1 Å². The van der Waals surface area contributed by atoms with Crippen molar-refractivity contribution in [2.45, 2.75) is 92.0 Å². The second-order valence-electron chi connectivity index (χ2n) is 10.6. The maximum atomic E-state index is 14.0. The molecular weight excluding hydrogens is 482 g/mol. The van der Waals surface area contributed by atoms with Crippen LogP contribution in [0.5, 0.6) is 0 Å². The topological polar surface area (TPSA) is 108 Å². The van der Waals surface area contributed by atoms with Crippen LogP contribution in [-0.4, -0.2) is 52.2 Å². The van der Waals surface area contributed by atoms with Crippen molar-refractivity contribution in [3.63, 3.8) is 0 Å². The highest BCUT2D eigenvalue weighted by Crippen LogP contribution is 2.29. The molecule has 2 aromatic carbocycles. The van der Waals surface area contributed by atoms with E-state index in [1.54, 1.807) is 20.8 Å². The molecule has 0 bridgehead atoms. The van der Waals surface area contributed by atoms with Gasteiger partial charge >= 0.3 is 6.09 Å². The Morgan fingerprint density at radius 3 is 2.05 bits per heavy atom. The number of carbonyl (C=O) groups is 3. The normalized spacial score (nSPS) is 13.7. The number of rotatable bonds is 10. The summed E-state index contributed by atoms with van der Waals surface area (Å²) in [6.07, 6.45) is 0.564. The van der Waals surface area contributed by atoms with Gasteiger partial charge in [-0.05, 0) is 76.6 Å². The van der Waals surface area contributed by atoms with Gasteiger partial charge in [-0.2, -0.15) is 0 Å². The Labute approximate surface area is 226 Å². The third-order valence-electron chi connectivity index (χ3n) is 6.45. The van der Waals surface area contributed by atoms with Gasteiger partial charge in [0.15, 0.2) is 0 Å². The van der Waals surface area contributed by atoms with Gasteiger partial charge in [-0.15, -0.1) is 0 Å². The van der Waals surface area contributed by atoms with E-state index in [-0.39, 0.29) is 11.9 Å². The van der Waals surface area contributed by atoms with Crippen LogP contribution in [0.3, 0.4) is 0 Å². The molecule has 8 nitrogen and oxygen atoms in total. The fourth-order valence-electron chi connectivity index (χ4n) is 4.19. The molecular formula is C30H43N3O5. The summed E-state index contributed by atoms with van der Waals surface area (Å²) in [5, 5.41) is 15.6. The summed E-state index contributed by atoms with van der Waals surface area (Å²) in [6, 6.07) is 10.7. The van der Waals surface area contributed by atoms with Crippen molar-refractivity contribution in [1.29, 1.82) is 0 Å². The number of hydrogen-bond acceptors (Lipinski definition) is 5. The number of amides is 3. The molecule has 2 aromatic rings. The Bertz CT molecular complexity index is 1090. The minimum Gasteiger partial charge on any atom is -0.444 e. The Morgan fingerprint density at radius 2 is 1.58 bits per heavy atom. The summed E-state index contributed by atoms with van der Waals surface area (Å²) in [5.41, 5.74) is 3.45. The first-order chi connectivity index (χ1) is 17.8. The Morgan fingerprint density at radius 1 is 1.00 bits per heavy atom. The number of anilines is 1. The molecule has 3 atom stereocenters. The van der Waals surface area contributed by atoms with Crippen molar-refractivity contribution in [2.24, 2.45) is 0 Å². The third kappa shape index (κ3) is 8.05. The lowest BCUT2D eigenvalue weighted by molar-refractivity contribution is -0.144. The first-order valence-corrected chi connectivity index (χ1v) is 13.2. The number of nitrogens with zero attached hydrogens (tertiary/aromatic N) is 1. The number of nitrogens with one attached hydrogen (secondary N) is 2. The molecule has 0 aliphatic carbocycles. The predicted molar refractivity (Wildman–Crippen MR) is 150 cm³/mol. The van der Waals surface area contributed by atoms with Gasteiger partial charge in [0.05, 0.1) is 6.61 Å². The first kappa shape index (κ1) is 30.8.